The van der Waals surface area contributed by atoms with Crippen LogP contribution in [-0.2, 0) is 4.79 Å². The molecule has 0 bridgehead atoms. The number of carboxylic acids is 1. The van der Waals surface area contributed by atoms with Gasteiger partial charge in [-0.15, -0.1) is 0 Å². The summed E-state index contributed by atoms with van der Waals surface area (Å²) in [5.74, 6) is -2.59. The van der Waals surface area contributed by atoms with Gasteiger partial charge in [0, 0.05) is 34.2 Å². The van der Waals surface area contributed by atoms with E-state index < -0.39 is 17.9 Å². The number of amidine groups is 1. The maximum Gasteiger partial charge on any atom is 0.326 e. The van der Waals surface area contributed by atoms with E-state index in [2.05, 4.69) is 5.32 Å². The summed E-state index contributed by atoms with van der Waals surface area (Å²) in [5, 5.41) is 18.9. The molecule has 2 aromatic carbocycles. The number of amides is 1. The normalized spacial score (nSPS) is 13.2. The molecule has 0 spiro atoms. The van der Waals surface area contributed by atoms with Gasteiger partial charge in [-0.3, -0.25) is 19.8 Å². The maximum absolute atomic E-state index is 12.8. The Morgan fingerprint density at radius 3 is 2.17 bits per heavy atom. The van der Waals surface area contributed by atoms with Crippen LogP contribution in [0.25, 0.3) is 0 Å². The Hall–Kier alpha value is -3.81. The summed E-state index contributed by atoms with van der Waals surface area (Å²) in [5.41, 5.74) is 6.26. The van der Waals surface area contributed by atoms with Crippen molar-refractivity contribution in [2.75, 3.05) is 0 Å². The topological polar surface area (TPSA) is 150 Å². The van der Waals surface area contributed by atoms with Crippen LogP contribution < -0.4 is 11.1 Å². The SMILES string of the molecule is N=C(N)CCCC(NC(=O)c1ccc2c(c1)C(=O)c1ccccc1C2=O)C(=O)O. The zero-order valence-corrected chi connectivity index (χ0v) is 15.4. The predicted molar refractivity (Wildman–Crippen MR) is 104 cm³/mol. The molecule has 0 aliphatic heterocycles. The van der Waals surface area contributed by atoms with Gasteiger partial charge in [0.15, 0.2) is 11.6 Å². The number of nitrogens with two attached hydrogens (primary N) is 1. The quantitative estimate of drug-likeness (QED) is 0.355. The van der Waals surface area contributed by atoms with Gasteiger partial charge in [0.25, 0.3) is 5.91 Å². The summed E-state index contributed by atoms with van der Waals surface area (Å²) in [4.78, 5) is 49.3. The minimum atomic E-state index is -1.21. The van der Waals surface area contributed by atoms with Crippen molar-refractivity contribution in [2.24, 2.45) is 5.73 Å². The average Bonchev–Trinajstić information content (AvgIpc) is 2.70. The number of carboxylic acid groups (broad SMARTS) is 1. The molecule has 2 aromatic rings. The van der Waals surface area contributed by atoms with Crippen LogP contribution in [0.5, 0.6) is 0 Å². The van der Waals surface area contributed by atoms with Crippen molar-refractivity contribution >= 4 is 29.3 Å². The maximum atomic E-state index is 12.8. The third kappa shape index (κ3) is 4.06. The molecule has 0 saturated carbocycles. The van der Waals surface area contributed by atoms with Crippen molar-refractivity contribution < 1.29 is 24.3 Å². The van der Waals surface area contributed by atoms with Gasteiger partial charge in [0.05, 0.1) is 5.84 Å². The lowest BCUT2D eigenvalue weighted by molar-refractivity contribution is -0.139. The highest BCUT2D eigenvalue weighted by Gasteiger charge is 2.30. The fourth-order valence-corrected chi connectivity index (χ4v) is 3.24. The third-order valence-electron chi connectivity index (χ3n) is 4.73. The molecule has 8 nitrogen and oxygen atoms in total. The van der Waals surface area contributed by atoms with Gasteiger partial charge < -0.3 is 16.2 Å². The summed E-state index contributed by atoms with van der Waals surface area (Å²) < 4.78 is 0. The molecule has 8 heteroatoms. The smallest absolute Gasteiger partial charge is 0.326 e. The zero-order chi connectivity index (χ0) is 21.1. The van der Waals surface area contributed by atoms with E-state index in [1.165, 1.54) is 18.2 Å². The number of benzene rings is 2. The number of nitrogens with one attached hydrogen (secondary N) is 2. The first kappa shape index (κ1) is 19.9. The standard InChI is InChI=1S/C21H19N3O5/c22-17(23)7-3-6-16(21(28)29)24-20(27)11-8-9-14-15(10-11)19(26)13-5-2-1-4-12(13)18(14)25/h1-2,4-5,8-10,16H,3,6-7H2,(H3,22,23)(H,24,27)(H,28,29). The largest absolute Gasteiger partial charge is 0.480 e. The molecule has 0 radical (unpaired) electrons. The minimum Gasteiger partial charge on any atom is -0.480 e. The Labute approximate surface area is 166 Å². The third-order valence-corrected chi connectivity index (χ3v) is 4.73. The summed E-state index contributed by atoms with van der Waals surface area (Å²) >= 11 is 0. The summed E-state index contributed by atoms with van der Waals surface area (Å²) in [6.45, 7) is 0. The first-order valence-corrected chi connectivity index (χ1v) is 8.98. The number of carbonyl (C=O) groups excluding carboxylic acids is 3. The van der Waals surface area contributed by atoms with Crippen LogP contribution >= 0.6 is 0 Å². The van der Waals surface area contributed by atoms with Gasteiger partial charge in [-0.25, -0.2) is 4.79 Å². The fraction of sp³-hybridized carbons (Fsp3) is 0.190. The molecule has 5 N–H and O–H groups in total. The van der Waals surface area contributed by atoms with E-state index in [4.69, 9.17) is 11.1 Å². The highest BCUT2D eigenvalue weighted by atomic mass is 16.4. The monoisotopic (exact) mass is 393 g/mol. The molecule has 0 fully saturated rings. The van der Waals surface area contributed by atoms with E-state index in [-0.39, 0.29) is 52.5 Å². The Morgan fingerprint density at radius 2 is 1.59 bits per heavy atom. The lowest BCUT2D eigenvalue weighted by atomic mass is 9.83. The fourth-order valence-electron chi connectivity index (χ4n) is 3.24. The van der Waals surface area contributed by atoms with Crippen molar-refractivity contribution in [1.29, 1.82) is 5.41 Å². The number of fused-ring (bicyclic) bond motifs is 2. The number of hydrogen-bond acceptors (Lipinski definition) is 5. The van der Waals surface area contributed by atoms with Crippen molar-refractivity contribution in [3.05, 3.63) is 70.3 Å². The number of ketones is 2. The molecular formula is C21H19N3O5. The van der Waals surface area contributed by atoms with Crippen LogP contribution in [0, 0.1) is 5.41 Å². The number of hydrogen-bond donors (Lipinski definition) is 4. The lowest BCUT2D eigenvalue weighted by Gasteiger charge is -2.19. The van der Waals surface area contributed by atoms with Gasteiger partial charge >= 0.3 is 5.97 Å². The lowest BCUT2D eigenvalue weighted by Crippen LogP contribution is -2.41. The highest BCUT2D eigenvalue weighted by Crippen LogP contribution is 2.27. The number of carbonyl (C=O) groups is 4. The van der Waals surface area contributed by atoms with Crippen molar-refractivity contribution in [1.82, 2.24) is 5.32 Å². The van der Waals surface area contributed by atoms with Crippen LogP contribution in [0.1, 0.15) is 61.5 Å². The number of aliphatic carboxylic acids is 1. The second-order valence-electron chi connectivity index (χ2n) is 6.75. The molecule has 0 aromatic heterocycles. The van der Waals surface area contributed by atoms with E-state index in [1.807, 2.05) is 0 Å². The van der Waals surface area contributed by atoms with Gasteiger partial charge in [-0.05, 0) is 31.0 Å². The van der Waals surface area contributed by atoms with Crippen LogP contribution in [-0.4, -0.2) is 40.4 Å². The Kier molecular flexibility index (Phi) is 5.54. The molecular weight excluding hydrogens is 374 g/mol. The van der Waals surface area contributed by atoms with Gasteiger partial charge in [0.2, 0.25) is 0 Å². The van der Waals surface area contributed by atoms with Gasteiger partial charge in [0.1, 0.15) is 6.04 Å². The molecule has 0 saturated heterocycles. The minimum absolute atomic E-state index is 0.0568. The summed E-state index contributed by atoms with van der Waals surface area (Å²) in [7, 11) is 0. The van der Waals surface area contributed by atoms with Crippen LogP contribution in [0.4, 0.5) is 0 Å². The first-order valence-electron chi connectivity index (χ1n) is 8.98. The first-order chi connectivity index (χ1) is 13.8. The molecule has 1 amide bonds. The van der Waals surface area contributed by atoms with Crippen LogP contribution in [0.3, 0.4) is 0 Å². The van der Waals surface area contributed by atoms with Gasteiger partial charge in [-0.1, -0.05) is 24.3 Å². The molecule has 1 unspecified atom stereocenters. The summed E-state index contributed by atoms with van der Waals surface area (Å²) in [6.07, 6.45) is 0.672. The highest BCUT2D eigenvalue weighted by molar-refractivity contribution is 6.28. The molecule has 148 valence electrons. The van der Waals surface area contributed by atoms with Crippen molar-refractivity contribution in [3.8, 4) is 0 Å². The molecule has 1 aliphatic carbocycles. The van der Waals surface area contributed by atoms with Gasteiger partial charge in [-0.2, -0.15) is 0 Å². The zero-order valence-electron chi connectivity index (χ0n) is 15.4. The Balaban J connectivity index is 1.82. The van der Waals surface area contributed by atoms with Crippen LogP contribution in [0.2, 0.25) is 0 Å². The van der Waals surface area contributed by atoms with E-state index in [1.54, 1.807) is 24.3 Å². The second kappa shape index (κ2) is 8.05. The molecule has 3 rings (SSSR count). The molecule has 29 heavy (non-hydrogen) atoms. The Bertz CT molecular complexity index is 1040. The van der Waals surface area contributed by atoms with Crippen LogP contribution in [0.15, 0.2) is 42.5 Å². The summed E-state index contributed by atoms with van der Waals surface area (Å²) in [6, 6.07) is 9.43. The van der Waals surface area contributed by atoms with E-state index in [0.717, 1.165) is 0 Å². The van der Waals surface area contributed by atoms with Crippen molar-refractivity contribution in [3.63, 3.8) is 0 Å². The molecule has 1 atom stereocenters. The van der Waals surface area contributed by atoms with Crippen molar-refractivity contribution in [2.45, 2.75) is 25.3 Å². The van der Waals surface area contributed by atoms with E-state index >= 15 is 0 Å². The van der Waals surface area contributed by atoms with E-state index in [0.29, 0.717) is 12.0 Å². The second-order valence-corrected chi connectivity index (χ2v) is 6.75. The predicted octanol–water partition coefficient (Wildman–Crippen LogP) is 1.75. The van der Waals surface area contributed by atoms with E-state index in [9.17, 15) is 24.3 Å². The molecule has 0 heterocycles. The average molecular weight is 393 g/mol. The molecule has 1 aliphatic rings. The Morgan fingerprint density at radius 1 is 1.00 bits per heavy atom. The number of rotatable bonds is 7.